The maximum atomic E-state index is 5.30. The highest BCUT2D eigenvalue weighted by atomic mass is 79.9. The van der Waals surface area contributed by atoms with Gasteiger partial charge >= 0.3 is 0 Å². The normalized spacial score (nSPS) is 10.5. The summed E-state index contributed by atoms with van der Waals surface area (Å²) in [5, 5.41) is 4.48. The van der Waals surface area contributed by atoms with Crippen molar-refractivity contribution >= 4 is 15.9 Å². The fraction of sp³-hybridized carbons (Fsp3) is 0.308. The lowest BCUT2D eigenvalue weighted by molar-refractivity contribution is 0.354. The number of ether oxygens (including phenoxy) is 2. The maximum Gasteiger partial charge on any atom is 0.162 e. The Labute approximate surface area is 115 Å². The molecule has 1 heterocycles. The van der Waals surface area contributed by atoms with Gasteiger partial charge in [0.15, 0.2) is 11.5 Å². The Morgan fingerprint density at radius 3 is 2.28 bits per heavy atom. The van der Waals surface area contributed by atoms with Crippen LogP contribution in [0.3, 0.4) is 0 Å². The van der Waals surface area contributed by atoms with Crippen LogP contribution in [0.2, 0.25) is 0 Å². The van der Waals surface area contributed by atoms with E-state index < -0.39 is 0 Å². The Hall–Kier alpha value is -1.49. The van der Waals surface area contributed by atoms with Gasteiger partial charge in [-0.15, -0.1) is 0 Å². The van der Waals surface area contributed by atoms with Gasteiger partial charge in [0.2, 0.25) is 0 Å². The van der Waals surface area contributed by atoms with Crippen molar-refractivity contribution in [2.45, 2.75) is 13.8 Å². The minimum Gasteiger partial charge on any atom is -0.493 e. The van der Waals surface area contributed by atoms with E-state index in [0.717, 1.165) is 21.5 Å². The Bertz CT molecular complexity index is 579. The van der Waals surface area contributed by atoms with Crippen LogP contribution in [-0.4, -0.2) is 24.0 Å². The fourth-order valence-electron chi connectivity index (χ4n) is 1.83. The number of rotatable bonds is 3. The standard InChI is InChI=1S/C13H15BrN2O2/c1-8-13(14)9(2)16(15-8)10-5-6-11(17-3)12(7-10)18-4/h5-7H,1-4H3. The molecule has 0 radical (unpaired) electrons. The van der Waals surface area contributed by atoms with E-state index in [4.69, 9.17) is 9.47 Å². The highest BCUT2D eigenvalue weighted by Gasteiger charge is 2.12. The summed E-state index contributed by atoms with van der Waals surface area (Å²) >= 11 is 3.52. The van der Waals surface area contributed by atoms with Crippen LogP contribution in [-0.2, 0) is 0 Å². The molecule has 2 aromatic rings. The van der Waals surface area contributed by atoms with Crippen LogP contribution < -0.4 is 9.47 Å². The van der Waals surface area contributed by atoms with Gasteiger partial charge in [-0.2, -0.15) is 5.10 Å². The highest BCUT2D eigenvalue weighted by molar-refractivity contribution is 9.10. The highest BCUT2D eigenvalue weighted by Crippen LogP contribution is 2.30. The summed E-state index contributed by atoms with van der Waals surface area (Å²) in [6, 6.07) is 5.73. The third kappa shape index (κ3) is 2.10. The van der Waals surface area contributed by atoms with E-state index in [1.165, 1.54) is 0 Å². The van der Waals surface area contributed by atoms with Crippen molar-refractivity contribution in [1.82, 2.24) is 9.78 Å². The zero-order valence-corrected chi connectivity index (χ0v) is 12.4. The lowest BCUT2D eigenvalue weighted by Gasteiger charge is -2.10. The summed E-state index contributed by atoms with van der Waals surface area (Å²) in [6.45, 7) is 3.98. The number of methoxy groups -OCH3 is 2. The number of nitrogens with zero attached hydrogens (tertiary/aromatic N) is 2. The smallest absolute Gasteiger partial charge is 0.162 e. The SMILES string of the molecule is COc1ccc(-n2nc(C)c(Br)c2C)cc1OC. The first-order chi connectivity index (χ1) is 8.58. The molecule has 0 unspecified atom stereocenters. The fourth-order valence-corrected chi connectivity index (χ4v) is 2.08. The second kappa shape index (κ2) is 5.02. The molecule has 1 aromatic carbocycles. The lowest BCUT2D eigenvalue weighted by atomic mass is 10.2. The minimum atomic E-state index is 0.693. The second-order valence-electron chi connectivity index (χ2n) is 3.94. The Morgan fingerprint density at radius 2 is 1.78 bits per heavy atom. The number of aromatic nitrogens is 2. The Kier molecular flexibility index (Phi) is 3.61. The van der Waals surface area contributed by atoms with Crippen molar-refractivity contribution in [3.8, 4) is 17.2 Å². The zero-order valence-electron chi connectivity index (χ0n) is 10.8. The summed E-state index contributed by atoms with van der Waals surface area (Å²) in [5.74, 6) is 1.40. The second-order valence-corrected chi connectivity index (χ2v) is 4.73. The van der Waals surface area contributed by atoms with E-state index in [-0.39, 0.29) is 0 Å². The number of aryl methyl sites for hydroxylation is 1. The zero-order chi connectivity index (χ0) is 13.3. The minimum absolute atomic E-state index is 0.693. The van der Waals surface area contributed by atoms with Gasteiger partial charge < -0.3 is 9.47 Å². The van der Waals surface area contributed by atoms with Crippen molar-refractivity contribution in [2.24, 2.45) is 0 Å². The van der Waals surface area contributed by atoms with Crippen molar-refractivity contribution in [2.75, 3.05) is 14.2 Å². The molecule has 0 bridgehead atoms. The third-order valence-corrected chi connectivity index (χ3v) is 3.96. The van der Waals surface area contributed by atoms with Crippen LogP contribution >= 0.6 is 15.9 Å². The summed E-state index contributed by atoms with van der Waals surface area (Å²) in [7, 11) is 3.25. The van der Waals surface area contributed by atoms with E-state index in [9.17, 15) is 0 Å². The average molecular weight is 311 g/mol. The topological polar surface area (TPSA) is 36.3 Å². The van der Waals surface area contributed by atoms with Crippen molar-refractivity contribution in [3.63, 3.8) is 0 Å². The molecule has 0 aliphatic rings. The van der Waals surface area contributed by atoms with Gasteiger partial charge in [0.05, 0.1) is 35.8 Å². The number of hydrogen-bond acceptors (Lipinski definition) is 3. The van der Waals surface area contributed by atoms with Crippen LogP contribution in [0, 0.1) is 13.8 Å². The molecule has 5 heteroatoms. The van der Waals surface area contributed by atoms with Crippen molar-refractivity contribution < 1.29 is 9.47 Å². The first-order valence-electron chi connectivity index (χ1n) is 5.52. The summed E-state index contributed by atoms with van der Waals surface area (Å²) in [6.07, 6.45) is 0. The number of halogens is 1. The van der Waals surface area contributed by atoms with Crippen LogP contribution in [0.25, 0.3) is 5.69 Å². The van der Waals surface area contributed by atoms with Crippen LogP contribution in [0.5, 0.6) is 11.5 Å². The van der Waals surface area contributed by atoms with Crippen LogP contribution in [0.1, 0.15) is 11.4 Å². The molecule has 96 valence electrons. The number of hydrogen-bond donors (Lipinski definition) is 0. The summed E-state index contributed by atoms with van der Waals surface area (Å²) in [4.78, 5) is 0. The molecule has 0 aliphatic carbocycles. The van der Waals surface area contributed by atoms with E-state index in [1.807, 2.05) is 36.7 Å². The Balaban J connectivity index is 2.54. The molecule has 4 nitrogen and oxygen atoms in total. The quantitative estimate of drug-likeness (QED) is 0.873. The molecule has 0 fully saturated rings. The first kappa shape index (κ1) is 13.0. The maximum absolute atomic E-state index is 5.30. The predicted octanol–water partition coefficient (Wildman–Crippen LogP) is 3.27. The van der Waals surface area contributed by atoms with Gasteiger partial charge in [-0.25, -0.2) is 4.68 Å². The molecule has 0 saturated heterocycles. The average Bonchev–Trinajstić information content (AvgIpc) is 2.65. The molecule has 1 aromatic heterocycles. The molecule has 0 aliphatic heterocycles. The molecule has 0 spiro atoms. The van der Waals surface area contributed by atoms with Gasteiger partial charge in [-0.1, -0.05) is 0 Å². The van der Waals surface area contributed by atoms with E-state index in [1.54, 1.807) is 14.2 Å². The first-order valence-corrected chi connectivity index (χ1v) is 6.32. The van der Waals surface area contributed by atoms with Gasteiger partial charge in [-0.3, -0.25) is 0 Å². The molecule has 0 atom stereocenters. The van der Waals surface area contributed by atoms with E-state index in [2.05, 4.69) is 21.0 Å². The number of benzene rings is 1. The van der Waals surface area contributed by atoms with E-state index >= 15 is 0 Å². The molecule has 0 amide bonds. The van der Waals surface area contributed by atoms with Crippen molar-refractivity contribution in [3.05, 3.63) is 34.1 Å². The summed E-state index contributed by atoms with van der Waals surface area (Å²) in [5.41, 5.74) is 2.96. The largest absolute Gasteiger partial charge is 0.493 e. The van der Waals surface area contributed by atoms with Gasteiger partial charge in [0.1, 0.15) is 0 Å². The van der Waals surface area contributed by atoms with Gasteiger partial charge in [-0.05, 0) is 41.9 Å². The molecular weight excluding hydrogens is 296 g/mol. The monoisotopic (exact) mass is 310 g/mol. The molecular formula is C13H15BrN2O2. The molecule has 0 N–H and O–H groups in total. The van der Waals surface area contributed by atoms with Crippen molar-refractivity contribution in [1.29, 1.82) is 0 Å². The van der Waals surface area contributed by atoms with E-state index in [0.29, 0.717) is 11.5 Å². The molecule has 2 rings (SSSR count). The third-order valence-electron chi connectivity index (χ3n) is 2.81. The summed E-state index contributed by atoms with van der Waals surface area (Å²) < 4.78 is 13.4. The van der Waals surface area contributed by atoms with Crippen LogP contribution in [0.4, 0.5) is 0 Å². The molecule has 0 saturated carbocycles. The van der Waals surface area contributed by atoms with Crippen LogP contribution in [0.15, 0.2) is 22.7 Å². The molecule has 18 heavy (non-hydrogen) atoms. The lowest BCUT2D eigenvalue weighted by Crippen LogP contribution is -2.00. The predicted molar refractivity (Wildman–Crippen MR) is 73.8 cm³/mol. The van der Waals surface area contributed by atoms with Gasteiger partial charge in [0.25, 0.3) is 0 Å². The van der Waals surface area contributed by atoms with Gasteiger partial charge in [0, 0.05) is 6.07 Å². The Morgan fingerprint density at radius 1 is 1.11 bits per heavy atom.